The molecule has 0 saturated heterocycles. The second kappa shape index (κ2) is 7.53. The van der Waals surface area contributed by atoms with Gasteiger partial charge in [-0.05, 0) is 39.1 Å². The van der Waals surface area contributed by atoms with E-state index in [0.717, 1.165) is 23.0 Å². The summed E-state index contributed by atoms with van der Waals surface area (Å²) < 4.78 is 5.85. The third kappa shape index (κ3) is 4.09. The number of amides is 1. The van der Waals surface area contributed by atoms with E-state index < -0.39 is 0 Å². The van der Waals surface area contributed by atoms with Crippen LogP contribution in [0.1, 0.15) is 27.2 Å². The molecular formula is C21H24N2O2. The Kier molecular flexibility index (Phi) is 5.19. The number of nitrogens with zero attached hydrogens (tertiary/aromatic N) is 1. The lowest BCUT2D eigenvalue weighted by Crippen LogP contribution is -2.27. The third-order valence-corrected chi connectivity index (χ3v) is 4.16. The fourth-order valence-corrected chi connectivity index (χ4v) is 3.02. The zero-order valence-electron chi connectivity index (χ0n) is 15.0. The average molecular weight is 336 g/mol. The minimum Gasteiger partial charge on any atom is -0.451 e. The van der Waals surface area contributed by atoms with Crippen molar-refractivity contribution in [3.63, 3.8) is 0 Å². The van der Waals surface area contributed by atoms with Crippen LogP contribution in [0.15, 0.2) is 52.9 Å². The molecular weight excluding hydrogens is 312 g/mol. The summed E-state index contributed by atoms with van der Waals surface area (Å²) in [5, 5.41) is 3.99. The number of furan rings is 1. The van der Waals surface area contributed by atoms with Crippen molar-refractivity contribution in [3.8, 4) is 0 Å². The highest BCUT2D eigenvalue weighted by Crippen LogP contribution is 2.26. The van der Waals surface area contributed by atoms with Crippen LogP contribution in [0.3, 0.4) is 0 Å². The molecule has 130 valence electrons. The molecule has 1 aromatic heterocycles. The lowest BCUT2D eigenvalue weighted by atomic mass is 10.1. The first-order valence-corrected chi connectivity index (χ1v) is 8.53. The van der Waals surface area contributed by atoms with Crippen LogP contribution in [0.5, 0.6) is 0 Å². The second-order valence-corrected chi connectivity index (χ2v) is 6.64. The molecule has 0 unspecified atom stereocenters. The summed E-state index contributed by atoms with van der Waals surface area (Å²) >= 11 is 0. The van der Waals surface area contributed by atoms with Crippen molar-refractivity contribution in [2.75, 3.05) is 20.6 Å². The van der Waals surface area contributed by atoms with Crippen molar-refractivity contribution < 1.29 is 9.21 Å². The van der Waals surface area contributed by atoms with Crippen LogP contribution in [-0.4, -0.2) is 31.4 Å². The summed E-state index contributed by atoms with van der Waals surface area (Å²) in [6.07, 6.45) is 0.802. The number of fused-ring (bicyclic) bond motifs is 1. The molecule has 0 aliphatic carbocycles. The maximum Gasteiger partial charge on any atom is 0.287 e. The maximum absolute atomic E-state index is 12.7. The molecule has 0 saturated carbocycles. The van der Waals surface area contributed by atoms with Crippen molar-refractivity contribution in [2.45, 2.75) is 19.9 Å². The van der Waals surface area contributed by atoms with E-state index in [1.54, 1.807) is 0 Å². The zero-order chi connectivity index (χ0) is 17.8. The summed E-state index contributed by atoms with van der Waals surface area (Å²) in [5.74, 6) is 0.264. The second-order valence-electron chi connectivity index (χ2n) is 6.64. The third-order valence-electron chi connectivity index (χ3n) is 4.16. The molecule has 0 atom stereocenters. The van der Waals surface area contributed by atoms with Crippen molar-refractivity contribution in [1.29, 1.82) is 0 Å². The van der Waals surface area contributed by atoms with Gasteiger partial charge in [0.15, 0.2) is 5.76 Å². The van der Waals surface area contributed by atoms with Crippen molar-refractivity contribution >= 4 is 16.9 Å². The number of aryl methyl sites for hydroxylation is 1. The Hall–Kier alpha value is -2.59. The molecule has 0 aliphatic heterocycles. The first kappa shape index (κ1) is 17.2. The van der Waals surface area contributed by atoms with Gasteiger partial charge in [-0.2, -0.15) is 0 Å². The van der Waals surface area contributed by atoms with Crippen molar-refractivity contribution in [1.82, 2.24) is 10.2 Å². The topological polar surface area (TPSA) is 45.5 Å². The standard InChI is InChI=1S/C21H24N2O2/c1-15-7-6-8-16(13-15)11-12-22-21(24)20-18(14-23(2)3)17-9-4-5-10-19(17)25-20/h4-10,13H,11-12,14H2,1-3H3,(H,22,24). The molecule has 1 amide bonds. The van der Waals surface area contributed by atoms with Gasteiger partial charge in [0.2, 0.25) is 0 Å². The van der Waals surface area contributed by atoms with E-state index in [2.05, 4.69) is 30.4 Å². The van der Waals surface area contributed by atoms with Crippen molar-refractivity contribution in [2.24, 2.45) is 0 Å². The highest BCUT2D eigenvalue weighted by molar-refractivity contribution is 5.99. The number of nitrogens with one attached hydrogen (secondary N) is 1. The molecule has 25 heavy (non-hydrogen) atoms. The SMILES string of the molecule is Cc1cccc(CCNC(=O)c2oc3ccccc3c2CN(C)C)c1. The molecule has 0 spiro atoms. The van der Waals surface area contributed by atoms with Crippen LogP contribution in [0.25, 0.3) is 11.0 Å². The molecule has 0 radical (unpaired) electrons. The minimum absolute atomic E-state index is 0.152. The molecule has 4 nitrogen and oxygen atoms in total. The number of carbonyl (C=O) groups excluding carboxylic acids is 1. The molecule has 2 aromatic carbocycles. The first-order valence-electron chi connectivity index (χ1n) is 8.53. The fraction of sp³-hybridized carbons (Fsp3) is 0.286. The van der Waals surface area contributed by atoms with E-state index in [1.165, 1.54) is 11.1 Å². The van der Waals surface area contributed by atoms with Gasteiger partial charge in [-0.25, -0.2) is 0 Å². The smallest absolute Gasteiger partial charge is 0.287 e. The van der Waals surface area contributed by atoms with Gasteiger partial charge in [0.25, 0.3) is 5.91 Å². The van der Waals surface area contributed by atoms with Gasteiger partial charge >= 0.3 is 0 Å². The largest absolute Gasteiger partial charge is 0.451 e. The van der Waals surface area contributed by atoms with Gasteiger partial charge in [0, 0.05) is 24.0 Å². The number of hydrogen-bond donors (Lipinski definition) is 1. The van der Waals surface area contributed by atoms with E-state index >= 15 is 0 Å². The molecule has 3 rings (SSSR count). The highest BCUT2D eigenvalue weighted by Gasteiger charge is 2.20. The molecule has 4 heteroatoms. The Balaban J connectivity index is 1.75. The van der Waals surface area contributed by atoms with E-state index in [9.17, 15) is 4.79 Å². The van der Waals surface area contributed by atoms with Gasteiger partial charge in [-0.15, -0.1) is 0 Å². The van der Waals surface area contributed by atoms with E-state index in [-0.39, 0.29) is 5.91 Å². The summed E-state index contributed by atoms with van der Waals surface area (Å²) in [6.45, 7) is 3.32. The lowest BCUT2D eigenvalue weighted by molar-refractivity contribution is 0.0926. The average Bonchev–Trinajstić information content (AvgIpc) is 2.93. The highest BCUT2D eigenvalue weighted by atomic mass is 16.3. The van der Waals surface area contributed by atoms with Gasteiger partial charge in [0.05, 0.1) is 0 Å². The van der Waals surface area contributed by atoms with E-state index in [1.807, 2.05) is 49.3 Å². The monoisotopic (exact) mass is 336 g/mol. The summed E-state index contributed by atoms with van der Waals surface area (Å²) in [6, 6.07) is 16.1. The quantitative estimate of drug-likeness (QED) is 0.745. The predicted molar refractivity (Wildman–Crippen MR) is 101 cm³/mol. The molecule has 0 aliphatic rings. The Morgan fingerprint density at radius 3 is 2.68 bits per heavy atom. The maximum atomic E-state index is 12.7. The summed E-state index contributed by atoms with van der Waals surface area (Å²) in [7, 11) is 3.97. The Labute approximate surface area is 148 Å². The molecule has 1 N–H and O–H groups in total. The van der Waals surface area contributed by atoms with Gasteiger partial charge < -0.3 is 14.6 Å². The number of benzene rings is 2. The molecule has 3 aromatic rings. The number of rotatable bonds is 6. The predicted octanol–water partition coefficient (Wildman–Crippen LogP) is 3.78. The minimum atomic E-state index is -0.152. The zero-order valence-corrected chi connectivity index (χ0v) is 15.0. The fourth-order valence-electron chi connectivity index (χ4n) is 3.02. The Morgan fingerprint density at radius 1 is 1.12 bits per heavy atom. The summed E-state index contributed by atoms with van der Waals surface area (Å²) in [5.41, 5.74) is 4.14. The van der Waals surface area contributed by atoms with Gasteiger partial charge in [-0.1, -0.05) is 48.0 Å². The van der Waals surface area contributed by atoms with Crippen LogP contribution < -0.4 is 5.32 Å². The van der Waals surface area contributed by atoms with Crippen LogP contribution in [-0.2, 0) is 13.0 Å². The van der Waals surface area contributed by atoms with Crippen LogP contribution in [0.2, 0.25) is 0 Å². The van der Waals surface area contributed by atoms with Gasteiger partial charge in [-0.3, -0.25) is 4.79 Å². The molecule has 1 heterocycles. The number of para-hydroxylation sites is 1. The number of carbonyl (C=O) groups is 1. The molecule has 0 bridgehead atoms. The Bertz CT molecular complexity index is 880. The van der Waals surface area contributed by atoms with Crippen LogP contribution >= 0.6 is 0 Å². The van der Waals surface area contributed by atoms with E-state index in [4.69, 9.17) is 4.42 Å². The molecule has 0 fully saturated rings. The van der Waals surface area contributed by atoms with Gasteiger partial charge in [0.1, 0.15) is 5.58 Å². The van der Waals surface area contributed by atoms with Crippen molar-refractivity contribution in [3.05, 3.63) is 71.0 Å². The lowest BCUT2D eigenvalue weighted by Gasteiger charge is -2.10. The van der Waals surface area contributed by atoms with Crippen LogP contribution in [0, 0.1) is 6.92 Å². The normalized spacial score (nSPS) is 11.2. The first-order chi connectivity index (χ1) is 12.0. The van der Waals surface area contributed by atoms with E-state index in [0.29, 0.717) is 18.8 Å². The Morgan fingerprint density at radius 2 is 1.92 bits per heavy atom. The number of hydrogen-bond acceptors (Lipinski definition) is 3. The summed E-state index contributed by atoms with van der Waals surface area (Å²) in [4.78, 5) is 14.7. The van der Waals surface area contributed by atoms with Crippen LogP contribution in [0.4, 0.5) is 0 Å².